The van der Waals surface area contributed by atoms with Crippen molar-refractivity contribution in [3.8, 4) is 0 Å². The molecule has 7 heteroatoms. The van der Waals surface area contributed by atoms with Crippen molar-refractivity contribution >= 4 is 11.8 Å². The average molecular weight is 406 g/mol. The van der Waals surface area contributed by atoms with Crippen molar-refractivity contribution in [2.75, 3.05) is 13.2 Å². The van der Waals surface area contributed by atoms with E-state index in [1.165, 1.54) is 6.92 Å². The second-order valence-electron chi connectivity index (χ2n) is 10.4. The number of carbonyl (C=O) groups is 2. The van der Waals surface area contributed by atoms with Gasteiger partial charge in [0.15, 0.2) is 5.78 Å². The van der Waals surface area contributed by atoms with E-state index in [0.29, 0.717) is 31.3 Å². The SMILES string of the molecule is C=C1C(=O)[C@]23C[C@H]1CC[C@H]2[C@@]12CO[C@]3(O)[C@@H](O)[C@@H]1[C@](C)(COC(C)=O)CC[C@@H]2O. The second kappa shape index (κ2) is 5.69. The smallest absolute Gasteiger partial charge is 0.302 e. The molecule has 29 heavy (non-hydrogen) atoms. The Morgan fingerprint density at radius 1 is 1.31 bits per heavy atom. The molecule has 7 nitrogen and oxygen atoms in total. The summed E-state index contributed by atoms with van der Waals surface area (Å²) >= 11 is 0. The molecular formula is C22H30O7. The maximum atomic E-state index is 13.4. The summed E-state index contributed by atoms with van der Waals surface area (Å²) < 4.78 is 11.3. The van der Waals surface area contributed by atoms with E-state index in [0.717, 1.165) is 6.42 Å². The van der Waals surface area contributed by atoms with Gasteiger partial charge >= 0.3 is 5.97 Å². The van der Waals surface area contributed by atoms with Crippen LogP contribution in [-0.4, -0.2) is 58.3 Å². The summed E-state index contributed by atoms with van der Waals surface area (Å²) in [6.45, 7) is 7.44. The largest absolute Gasteiger partial charge is 0.465 e. The van der Waals surface area contributed by atoms with Crippen molar-refractivity contribution < 1.29 is 34.4 Å². The van der Waals surface area contributed by atoms with Gasteiger partial charge in [0, 0.05) is 23.7 Å². The van der Waals surface area contributed by atoms with Gasteiger partial charge in [-0.3, -0.25) is 9.59 Å². The summed E-state index contributed by atoms with van der Waals surface area (Å²) in [6, 6.07) is 0. The lowest BCUT2D eigenvalue weighted by molar-refractivity contribution is -0.450. The summed E-state index contributed by atoms with van der Waals surface area (Å²) in [5.74, 6) is -3.52. The third-order valence-electron chi connectivity index (χ3n) is 9.25. The fraction of sp³-hybridized carbons (Fsp3) is 0.818. The zero-order valence-electron chi connectivity index (χ0n) is 17.0. The van der Waals surface area contributed by atoms with Crippen LogP contribution in [0.25, 0.3) is 0 Å². The maximum Gasteiger partial charge on any atom is 0.302 e. The van der Waals surface area contributed by atoms with Crippen molar-refractivity contribution in [2.45, 2.75) is 63.9 Å². The summed E-state index contributed by atoms with van der Waals surface area (Å²) in [7, 11) is 0. The topological polar surface area (TPSA) is 113 Å². The highest BCUT2D eigenvalue weighted by molar-refractivity contribution is 6.04. The molecule has 9 atom stereocenters. The molecule has 160 valence electrons. The lowest BCUT2D eigenvalue weighted by atomic mass is 9.36. The molecule has 2 heterocycles. The molecule has 6 fully saturated rings. The zero-order chi connectivity index (χ0) is 21.0. The summed E-state index contributed by atoms with van der Waals surface area (Å²) in [5, 5.41) is 34.6. The van der Waals surface area contributed by atoms with E-state index in [4.69, 9.17) is 9.47 Å². The third kappa shape index (κ3) is 1.98. The first-order valence-electron chi connectivity index (χ1n) is 10.6. The van der Waals surface area contributed by atoms with Crippen LogP contribution in [0, 0.1) is 34.0 Å². The number of ketones is 1. The van der Waals surface area contributed by atoms with Crippen molar-refractivity contribution in [3.05, 3.63) is 12.2 Å². The fourth-order valence-corrected chi connectivity index (χ4v) is 8.08. The molecular weight excluding hydrogens is 376 g/mol. The van der Waals surface area contributed by atoms with Gasteiger partial charge in [-0.2, -0.15) is 0 Å². The minimum atomic E-state index is -2.02. The minimum Gasteiger partial charge on any atom is -0.465 e. The van der Waals surface area contributed by atoms with E-state index < -0.39 is 46.1 Å². The van der Waals surface area contributed by atoms with Gasteiger partial charge in [-0.15, -0.1) is 0 Å². The van der Waals surface area contributed by atoms with E-state index >= 15 is 0 Å². The molecule has 0 radical (unpaired) electrons. The van der Waals surface area contributed by atoms with Crippen LogP contribution in [0.15, 0.2) is 12.2 Å². The Bertz CT molecular complexity index is 809. The minimum absolute atomic E-state index is 0.0130. The highest BCUT2D eigenvalue weighted by Crippen LogP contribution is 2.76. The highest BCUT2D eigenvalue weighted by Gasteiger charge is 2.84. The molecule has 6 aliphatic rings. The molecule has 3 N–H and O–H groups in total. The van der Waals surface area contributed by atoms with Crippen molar-refractivity contribution in [1.29, 1.82) is 0 Å². The normalized spacial score (nSPS) is 55.4. The van der Waals surface area contributed by atoms with Gasteiger partial charge in [-0.05, 0) is 49.5 Å². The number of rotatable bonds is 2. The van der Waals surface area contributed by atoms with E-state index in [2.05, 4.69) is 6.58 Å². The van der Waals surface area contributed by atoms with Gasteiger partial charge in [-0.25, -0.2) is 0 Å². The van der Waals surface area contributed by atoms with Crippen LogP contribution in [0.5, 0.6) is 0 Å². The molecule has 2 spiro atoms. The van der Waals surface area contributed by atoms with Crippen LogP contribution in [0.2, 0.25) is 0 Å². The zero-order valence-corrected chi connectivity index (χ0v) is 17.0. The Labute approximate surface area is 170 Å². The van der Waals surface area contributed by atoms with Gasteiger partial charge < -0.3 is 24.8 Å². The van der Waals surface area contributed by atoms with Crippen molar-refractivity contribution in [3.63, 3.8) is 0 Å². The summed E-state index contributed by atoms with van der Waals surface area (Å²) in [5.41, 5.74) is -2.27. The predicted octanol–water partition coefficient (Wildman–Crippen LogP) is 0.948. The second-order valence-corrected chi connectivity index (χ2v) is 10.4. The van der Waals surface area contributed by atoms with E-state index in [9.17, 15) is 24.9 Å². The van der Waals surface area contributed by atoms with Crippen LogP contribution < -0.4 is 0 Å². The number of hydrogen-bond acceptors (Lipinski definition) is 7. The molecule has 2 aliphatic heterocycles. The standard InChI is InChI=1S/C22H30O7/c1-11-13-4-5-14-20-10-29-22(27,21(14,8-13)17(11)25)18(26)16(20)19(3,7-6-15(20)24)9-28-12(2)23/h13-16,18,24,26-27H,1,4-10H2,2-3H3/t13-,14+,15+,16-,18+,19+,20-,21+,22-/m1/s1. The van der Waals surface area contributed by atoms with E-state index in [-0.39, 0.29) is 30.8 Å². The number of carbonyl (C=O) groups excluding carboxylic acids is 2. The van der Waals surface area contributed by atoms with Crippen LogP contribution >= 0.6 is 0 Å². The molecule has 0 amide bonds. The van der Waals surface area contributed by atoms with E-state index in [1.807, 2.05) is 6.92 Å². The van der Waals surface area contributed by atoms with Crippen molar-refractivity contribution in [1.82, 2.24) is 0 Å². The Morgan fingerprint density at radius 3 is 2.72 bits per heavy atom. The number of allylic oxidation sites excluding steroid dienone is 1. The van der Waals surface area contributed by atoms with Crippen molar-refractivity contribution in [2.24, 2.45) is 34.0 Å². The first-order valence-corrected chi connectivity index (χ1v) is 10.6. The number of esters is 1. The molecule has 4 saturated carbocycles. The summed E-state index contributed by atoms with van der Waals surface area (Å²) in [4.78, 5) is 24.9. The molecule has 0 aromatic carbocycles. The van der Waals surface area contributed by atoms with Gasteiger partial charge in [-0.1, -0.05) is 13.5 Å². The molecule has 6 rings (SSSR count). The maximum absolute atomic E-state index is 13.4. The molecule has 0 aromatic rings. The average Bonchev–Trinajstić information content (AvgIpc) is 2.87. The first kappa shape index (κ1) is 19.7. The van der Waals surface area contributed by atoms with Gasteiger partial charge in [0.05, 0.1) is 24.7 Å². The van der Waals surface area contributed by atoms with Gasteiger partial charge in [0.25, 0.3) is 0 Å². The third-order valence-corrected chi connectivity index (χ3v) is 9.25. The van der Waals surface area contributed by atoms with Crippen LogP contribution in [0.4, 0.5) is 0 Å². The number of ether oxygens (including phenoxy) is 2. The lowest BCUT2D eigenvalue weighted by Crippen LogP contribution is -2.84. The molecule has 0 unspecified atom stereocenters. The molecule has 2 saturated heterocycles. The molecule has 4 bridgehead atoms. The lowest BCUT2D eigenvalue weighted by Gasteiger charge is -2.74. The van der Waals surface area contributed by atoms with Crippen LogP contribution in [-0.2, 0) is 19.1 Å². The van der Waals surface area contributed by atoms with Gasteiger partial charge in [0.1, 0.15) is 6.10 Å². The number of aliphatic hydroxyl groups excluding tert-OH is 2. The number of fused-ring (bicyclic) bond motifs is 2. The molecule has 0 aromatic heterocycles. The number of Topliss-reactive ketones (excluding diaryl/α,β-unsaturated/α-hetero) is 1. The number of hydrogen-bond donors (Lipinski definition) is 3. The first-order chi connectivity index (χ1) is 13.5. The highest BCUT2D eigenvalue weighted by atomic mass is 16.6. The fourth-order valence-electron chi connectivity index (χ4n) is 8.08. The van der Waals surface area contributed by atoms with Gasteiger partial charge in [0.2, 0.25) is 5.79 Å². The number of aliphatic hydroxyl groups is 3. The van der Waals surface area contributed by atoms with E-state index in [1.54, 1.807) is 0 Å². The summed E-state index contributed by atoms with van der Waals surface area (Å²) in [6.07, 6.45) is 0.743. The Balaban J connectivity index is 1.69. The quantitative estimate of drug-likeness (QED) is 0.462. The Hall–Kier alpha value is -1.28. The monoisotopic (exact) mass is 406 g/mol. The van der Waals surface area contributed by atoms with Crippen LogP contribution in [0.1, 0.15) is 46.0 Å². The Morgan fingerprint density at radius 2 is 2.03 bits per heavy atom. The van der Waals surface area contributed by atoms with Crippen LogP contribution in [0.3, 0.4) is 0 Å². The predicted molar refractivity (Wildman–Crippen MR) is 100 cm³/mol. The Kier molecular flexibility index (Phi) is 3.86. The molecule has 4 aliphatic carbocycles.